The van der Waals surface area contributed by atoms with Gasteiger partial charge in [-0.1, -0.05) is 23.9 Å². The fourth-order valence-electron chi connectivity index (χ4n) is 2.20. The highest BCUT2D eigenvalue weighted by Gasteiger charge is 2.19. The summed E-state index contributed by atoms with van der Waals surface area (Å²) in [5.74, 6) is -3.66. The molecule has 0 fully saturated rings. The molecule has 2 aromatic rings. The van der Waals surface area contributed by atoms with Crippen molar-refractivity contribution < 1.29 is 27.8 Å². The fraction of sp³-hybridized carbons (Fsp3) is 0.263. The Hall–Kier alpha value is -2.45. The van der Waals surface area contributed by atoms with E-state index in [-0.39, 0.29) is 0 Å². The van der Waals surface area contributed by atoms with Crippen molar-refractivity contribution in [3.8, 4) is 0 Å². The quantitative estimate of drug-likeness (QED) is 0.532. The van der Waals surface area contributed by atoms with Crippen molar-refractivity contribution in [2.45, 2.75) is 30.3 Å². The van der Waals surface area contributed by atoms with Crippen LogP contribution in [-0.4, -0.2) is 30.8 Å². The Bertz CT molecular complexity index is 784. The minimum atomic E-state index is -2.51. The SMILES string of the molecule is COCc1cccc(C(=O)O[C@H](C)C(=O)Nc2ccc(SC(F)F)cc2)c1. The number of halogens is 2. The lowest BCUT2D eigenvalue weighted by Gasteiger charge is -2.14. The molecule has 1 atom stereocenters. The molecule has 1 amide bonds. The summed E-state index contributed by atoms with van der Waals surface area (Å²) < 4.78 is 34.8. The molecule has 0 bridgehead atoms. The predicted octanol–water partition coefficient (Wildman–Crippen LogP) is 4.33. The molecule has 5 nitrogen and oxygen atoms in total. The highest BCUT2D eigenvalue weighted by atomic mass is 32.2. The minimum Gasteiger partial charge on any atom is -0.449 e. The van der Waals surface area contributed by atoms with Gasteiger partial charge in [0.1, 0.15) is 0 Å². The molecule has 0 aliphatic carbocycles. The van der Waals surface area contributed by atoms with Crippen molar-refractivity contribution in [1.82, 2.24) is 0 Å². The summed E-state index contributed by atoms with van der Waals surface area (Å²) in [5, 5.41) is 2.58. The maximum Gasteiger partial charge on any atom is 0.338 e. The van der Waals surface area contributed by atoms with Crippen LogP contribution < -0.4 is 5.32 Å². The van der Waals surface area contributed by atoms with Crippen molar-refractivity contribution in [2.75, 3.05) is 12.4 Å². The Morgan fingerprint density at radius 2 is 1.85 bits per heavy atom. The summed E-state index contributed by atoms with van der Waals surface area (Å²) in [5.41, 5.74) is 1.55. The first-order valence-corrected chi connectivity index (χ1v) is 8.91. The number of methoxy groups -OCH3 is 1. The van der Waals surface area contributed by atoms with Crippen LogP contribution in [0.25, 0.3) is 0 Å². The van der Waals surface area contributed by atoms with Crippen molar-refractivity contribution in [3.63, 3.8) is 0 Å². The van der Waals surface area contributed by atoms with E-state index < -0.39 is 23.7 Å². The standard InChI is InChI=1S/C19H19F2NO4S/c1-12(26-18(24)14-5-3-4-13(10-14)11-25-2)17(23)22-15-6-8-16(9-7-15)27-19(20)21/h3-10,12,19H,11H2,1-2H3,(H,22,23)/t12-/m1/s1. The van der Waals surface area contributed by atoms with Crippen molar-refractivity contribution in [1.29, 1.82) is 0 Å². The third kappa shape index (κ3) is 6.65. The normalized spacial score (nSPS) is 11.9. The molecule has 2 rings (SSSR count). The van der Waals surface area contributed by atoms with Crippen LogP contribution in [0.2, 0.25) is 0 Å². The number of alkyl halides is 2. The lowest BCUT2D eigenvalue weighted by Crippen LogP contribution is -2.30. The molecule has 27 heavy (non-hydrogen) atoms. The molecule has 0 heterocycles. The summed E-state index contributed by atoms with van der Waals surface area (Å²) in [6.07, 6.45) is -1.03. The van der Waals surface area contributed by atoms with Crippen molar-refractivity contribution in [3.05, 3.63) is 59.7 Å². The Labute approximate surface area is 160 Å². The van der Waals surface area contributed by atoms with E-state index in [1.54, 1.807) is 25.3 Å². The molecule has 0 aliphatic rings. The van der Waals surface area contributed by atoms with Gasteiger partial charge in [-0.2, -0.15) is 8.78 Å². The third-order valence-electron chi connectivity index (χ3n) is 3.47. The lowest BCUT2D eigenvalue weighted by atomic mass is 10.1. The number of ether oxygens (including phenoxy) is 2. The molecule has 0 spiro atoms. The second kappa shape index (κ2) is 10.0. The highest BCUT2D eigenvalue weighted by molar-refractivity contribution is 7.99. The van der Waals surface area contributed by atoms with Crippen LogP contribution in [0.4, 0.5) is 14.5 Å². The van der Waals surface area contributed by atoms with Gasteiger partial charge in [0.25, 0.3) is 11.7 Å². The molecule has 0 aromatic heterocycles. The molecule has 0 radical (unpaired) electrons. The number of carbonyl (C=O) groups excluding carboxylic acids is 2. The van der Waals surface area contributed by atoms with Gasteiger partial charge in [0.15, 0.2) is 6.10 Å². The Kier molecular flexibility index (Phi) is 7.75. The molecule has 0 saturated carbocycles. The Morgan fingerprint density at radius 3 is 2.48 bits per heavy atom. The second-order valence-corrected chi connectivity index (χ2v) is 6.64. The average molecular weight is 395 g/mol. The highest BCUT2D eigenvalue weighted by Crippen LogP contribution is 2.26. The van der Waals surface area contributed by atoms with Crippen LogP contribution in [0.1, 0.15) is 22.8 Å². The molecular formula is C19H19F2NO4S. The van der Waals surface area contributed by atoms with Gasteiger partial charge in [-0.15, -0.1) is 0 Å². The minimum absolute atomic E-state index is 0.317. The summed E-state index contributed by atoms with van der Waals surface area (Å²) >= 11 is 0.419. The van der Waals surface area contributed by atoms with Gasteiger partial charge in [-0.3, -0.25) is 4.79 Å². The summed E-state index contributed by atoms with van der Waals surface area (Å²) in [4.78, 5) is 24.8. The first-order valence-electron chi connectivity index (χ1n) is 8.03. The number of hydrogen-bond donors (Lipinski definition) is 1. The smallest absolute Gasteiger partial charge is 0.338 e. The third-order valence-corrected chi connectivity index (χ3v) is 4.20. The number of anilines is 1. The van der Waals surface area contributed by atoms with E-state index in [1.165, 1.54) is 31.2 Å². The molecule has 8 heteroatoms. The number of hydrogen-bond acceptors (Lipinski definition) is 5. The van der Waals surface area contributed by atoms with Crippen LogP contribution in [-0.2, 0) is 20.9 Å². The van der Waals surface area contributed by atoms with Gasteiger partial charge < -0.3 is 14.8 Å². The van der Waals surface area contributed by atoms with E-state index in [2.05, 4.69) is 5.32 Å². The van der Waals surface area contributed by atoms with Gasteiger partial charge in [0.2, 0.25) is 0 Å². The zero-order valence-corrected chi connectivity index (χ0v) is 15.6. The predicted molar refractivity (Wildman–Crippen MR) is 99.0 cm³/mol. The average Bonchev–Trinajstić information content (AvgIpc) is 2.63. The molecule has 0 saturated heterocycles. The molecule has 144 valence electrons. The first kappa shape index (κ1) is 20.9. The summed E-state index contributed by atoms with van der Waals surface area (Å²) in [7, 11) is 1.55. The van der Waals surface area contributed by atoms with E-state index >= 15 is 0 Å². The van der Waals surface area contributed by atoms with Gasteiger partial charge in [-0.05, 0) is 48.9 Å². The maximum absolute atomic E-state index is 12.3. The fourth-order valence-corrected chi connectivity index (χ4v) is 2.70. The van der Waals surface area contributed by atoms with Crippen LogP contribution in [0.5, 0.6) is 0 Å². The number of benzene rings is 2. The van der Waals surface area contributed by atoms with E-state index in [4.69, 9.17) is 9.47 Å². The second-order valence-electron chi connectivity index (χ2n) is 5.57. The van der Waals surface area contributed by atoms with Crippen LogP contribution in [0.15, 0.2) is 53.4 Å². The number of rotatable bonds is 8. The van der Waals surface area contributed by atoms with Gasteiger partial charge in [0.05, 0.1) is 12.2 Å². The summed E-state index contributed by atoms with van der Waals surface area (Å²) in [6.45, 7) is 1.81. The lowest BCUT2D eigenvalue weighted by molar-refractivity contribution is -0.123. The molecular weight excluding hydrogens is 376 g/mol. The van der Waals surface area contributed by atoms with Crippen molar-refractivity contribution >= 4 is 29.3 Å². The van der Waals surface area contributed by atoms with E-state index in [9.17, 15) is 18.4 Å². The first-order chi connectivity index (χ1) is 12.9. The Balaban J connectivity index is 1.93. The molecule has 0 aliphatic heterocycles. The van der Waals surface area contributed by atoms with Crippen LogP contribution >= 0.6 is 11.8 Å². The number of amides is 1. The number of esters is 1. The Morgan fingerprint density at radius 1 is 1.15 bits per heavy atom. The van der Waals surface area contributed by atoms with Crippen LogP contribution in [0, 0.1) is 0 Å². The number of thioether (sulfide) groups is 1. The van der Waals surface area contributed by atoms with Crippen LogP contribution in [0.3, 0.4) is 0 Å². The molecule has 0 unspecified atom stereocenters. The summed E-state index contributed by atoms with van der Waals surface area (Å²) in [6, 6.07) is 12.7. The zero-order chi connectivity index (χ0) is 19.8. The number of carbonyl (C=O) groups is 2. The molecule has 1 N–H and O–H groups in total. The van der Waals surface area contributed by atoms with Crippen molar-refractivity contribution in [2.24, 2.45) is 0 Å². The topological polar surface area (TPSA) is 64.6 Å². The van der Waals surface area contributed by atoms with E-state index in [0.29, 0.717) is 34.5 Å². The zero-order valence-electron chi connectivity index (χ0n) is 14.8. The number of nitrogens with one attached hydrogen (secondary N) is 1. The van der Waals surface area contributed by atoms with Gasteiger partial charge >= 0.3 is 5.97 Å². The monoisotopic (exact) mass is 395 g/mol. The van der Waals surface area contributed by atoms with Gasteiger partial charge in [-0.25, -0.2) is 4.79 Å². The maximum atomic E-state index is 12.3. The van der Waals surface area contributed by atoms with Gasteiger partial charge in [0, 0.05) is 17.7 Å². The van der Waals surface area contributed by atoms with E-state index in [1.807, 2.05) is 6.07 Å². The largest absolute Gasteiger partial charge is 0.449 e. The van der Waals surface area contributed by atoms with E-state index in [0.717, 1.165) is 5.56 Å². The molecule has 2 aromatic carbocycles.